The van der Waals surface area contributed by atoms with Gasteiger partial charge in [-0.1, -0.05) is 13.0 Å². The van der Waals surface area contributed by atoms with E-state index in [1.165, 1.54) is 0 Å². The molecule has 0 aromatic heterocycles. The van der Waals surface area contributed by atoms with Crippen LogP contribution in [0, 0.1) is 0 Å². The molecule has 7 nitrogen and oxygen atoms in total. The van der Waals surface area contributed by atoms with Gasteiger partial charge in [-0.05, 0) is 31.0 Å². The molecule has 2 amide bonds. The molecule has 0 radical (unpaired) electrons. The minimum absolute atomic E-state index is 0.107. The van der Waals surface area contributed by atoms with E-state index in [0.29, 0.717) is 30.1 Å². The lowest BCUT2D eigenvalue weighted by Crippen LogP contribution is -2.26. The van der Waals surface area contributed by atoms with E-state index < -0.39 is 0 Å². The third kappa shape index (κ3) is 8.79. The molecule has 2 N–H and O–H groups in total. The van der Waals surface area contributed by atoms with Crippen molar-refractivity contribution in [3.8, 4) is 0 Å². The van der Waals surface area contributed by atoms with E-state index in [-0.39, 0.29) is 24.7 Å². The van der Waals surface area contributed by atoms with Crippen molar-refractivity contribution in [2.24, 2.45) is 0 Å². The van der Waals surface area contributed by atoms with Gasteiger partial charge in [0.1, 0.15) is 0 Å². The molecule has 0 aliphatic carbocycles. The number of amides is 2. The SMILES string of the molecule is CCCOCCCNC(=O)CCC(=O)Nc1cccc(C(C)=[N+]=[N-])c1. The summed E-state index contributed by atoms with van der Waals surface area (Å²) in [6.07, 6.45) is 1.99. The summed E-state index contributed by atoms with van der Waals surface area (Å²) in [5.74, 6) is -0.389. The molecule has 0 fully saturated rings. The zero-order valence-corrected chi connectivity index (χ0v) is 14.9. The molecule has 0 bridgehead atoms. The highest BCUT2D eigenvalue weighted by molar-refractivity contribution is 5.97. The van der Waals surface area contributed by atoms with Crippen LogP contribution in [0.15, 0.2) is 24.3 Å². The van der Waals surface area contributed by atoms with Crippen molar-refractivity contribution in [2.45, 2.75) is 39.5 Å². The Labute approximate surface area is 148 Å². The highest BCUT2D eigenvalue weighted by Crippen LogP contribution is 2.11. The molecule has 0 heterocycles. The molecular weight excluding hydrogens is 320 g/mol. The predicted octanol–water partition coefficient (Wildman–Crippen LogP) is 2.38. The minimum Gasteiger partial charge on any atom is -0.381 e. The Balaban J connectivity index is 2.28. The van der Waals surface area contributed by atoms with Gasteiger partial charge in [-0.3, -0.25) is 9.59 Å². The Hall–Kier alpha value is -2.50. The van der Waals surface area contributed by atoms with Gasteiger partial charge in [0.15, 0.2) is 0 Å². The number of carbonyl (C=O) groups is 2. The summed E-state index contributed by atoms with van der Waals surface area (Å²) >= 11 is 0. The number of carbonyl (C=O) groups excluding carboxylic acids is 2. The van der Waals surface area contributed by atoms with Gasteiger partial charge in [0.05, 0.1) is 5.56 Å². The van der Waals surface area contributed by atoms with E-state index >= 15 is 0 Å². The van der Waals surface area contributed by atoms with Crippen LogP contribution in [0.4, 0.5) is 5.69 Å². The van der Waals surface area contributed by atoms with Crippen molar-refractivity contribution in [3.05, 3.63) is 35.4 Å². The van der Waals surface area contributed by atoms with Crippen molar-refractivity contribution >= 4 is 23.2 Å². The predicted molar refractivity (Wildman–Crippen MR) is 96.4 cm³/mol. The lowest BCUT2D eigenvalue weighted by Gasteiger charge is -2.07. The third-order valence-corrected chi connectivity index (χ3v) is 3.43. The molecule has 0 saturated heterocycles. The van der Waals surface area contributed by atoms with Gasteiger partial charge in [-0.2, -0.15) is 4.79 Å². The number of benzene rings is 1. The van der Waals surface area contributed by atoms with Crippen LogP contribution in [0.5, 0.6) is 0 Å². The number of anilines is 1. The first-order chi connectivity index (χ1) is 12.1. The average molecular weight is 346 g/mol. The van der Waals surface area contributed by atoms with E-state index in [1.54, 1.807) is 31.2 Å². The Kier molecular flexibility index (Phi) is 9.82. The molecule has 0 aliphatic heterocycles. The number of hydrogen-bond donors (Lipinski definition) is 2. The van der Waals surface area contributed by atoms with Crippen molar-refractivity contribution < 1.29 is 19.1 Å². The molecule has 0 atom stereocenters. The second-order valence-electron chi connectivity index (χ2n) is 5.63. The van der Waals surface area contributed by atoms with Crippen LogP contribution >= 0.6 is 0 Å². The molecule has 7 heteroatoms. The average Bonchev–Trinajstić information content (AvgIpc) is 2.62. The van der Waals surface area contributed by atoms with Crippen molar-refractivity contribution in [3.63, 3.8) is 0 Å². The summed E-state index contributed by atoms with van der Waals surface area (Å²) < 4.78 is 5.32. The first-order valence-corrected chi connectivity index (χ1v) is 8.50. The van der Waals surface area contributed by atoms with Crippen LogP contribution < -0.4 is 10.6 Å². The maximum atomic E-state index is 11.9. The molecule has 0 saturated carbocycles. The summed E-state index contributed by atoms with van der Waals surface area (Å²) in [5.41, 5.74) is 10.6. The normalized spacial score (nSPS) is 10.0. The number of nitrogens with zero attached hydrogens (tertiary/aromatic N) is 2. The summed E-state index contributed by atoms with van der Waals surface area (Å²) in [7, 11) is 0. The summed E-state index contributed by atoms with van der Waals surface area (Å²) in [5, 5.41) is 5.50. The highest BCUT2D eigenvalue weighted by atomic mass is 16.5. The lowest BCUT2D eigenvalue weighted by molar-refractivity contribution is -0.124. The molecule has 25 heavy (non-hydrogen) atoms. The maximum absolute atomic E-state index is 11.9. The quantitative estimate of drug-likeness (QED) is 0.278. The van der Waals surface area contributed by atoms with Gasteiger partial charge in [0.25, 0.3) is 5.71 Å². The monoisotopic (exact) mass is 346 g/mol. The standard InChI is InChI=1S/C18H26N4O3/c1-3-11-25-12-5-10-20-17(23)8-9-18(24)21-16-7-4-6-15(13-16)14(2)22-19/h4,6-7,13H,3,5,8-12H2,1-2H3,(H,20,23)(H,21,24). The lowest BCUT2D eigenvalue weighted by atomic mass is 10.1. The third-order valence-electron chi connectivity index (χ3n) is 3.43. The fraction of sp³-hybridized carbons (Fsp3) is 0.500. The van der Waals surface area contributed by atoms with Gasteiger partial charge in [0, 0.05) is 45.2 Å². The van der Waals surface area contributed by atoms with Crippen LogP contribution in [-0.2, 0) is 14.3 Å². The highest BCUT2D eigenvalue weighted by Gasteiger charge is 2.09. The van der Waals surface area contributed by atoms with Crippen LogP contribution in [0.3, 0.4) is 0 Å². The molecule has 0 unspecified atom stereocenters. The molecule has 1 aromatic carbocycles. The van der Waals surface area contributed by atoms with Crippen molar-refractivity contribution in [1.82, 2.24) is 5.32 Å². The van der Waals surface area contributed by atoms with Gasteiger partial charge in [0.2, 0.25) is 11.8 Å². The van der Waals surface area contributed by atoms with Crippen LogP contribution in [0.25, 0.3) is 5.53 Å². The Morgan fingerprint density at radius 3 is 2.68 bits per heavy atom. The van der Waals surface area contributed by atoms with Gasteiger partial charge in [-0.15, -0.1) is 0 Å². The molecule has 0 aliphatic rings. The maximum Gasteiger partial charge on any atom is 0.296 e. The molecule has 136 valence electrons. The van der Waals surface area contributed by atoms with Crippen LogP contribution in [-0.4, -0.2) is 42.1 Å². The summed E-state index contributed by atoms with van der Waals surface area (Å²) in [4.78, 5) is 26.8. The Morgan fingerprint density at radius 1 is 1.20 bits per heavy atom. The van der Waals surface area contributed by atoms with E-state index in [0.717, 1.165) is 19.4 Å². The van der Waals surface area contributed by atoms with Gasteiger partial charge in [-0.25, -0.2) is 0 Å². The zero-order valence-electron chi connectivity index (χ0n) is 14.9. The van der Waals surface area contributed by atoms with Gasteiger partial charge >= 0.3 is 0 Å². The van der Waals surface area contributed by atoms with E-state index in [4.69, 9.17) is 10.3 Å². The largest absolute Gasteiger partial charge is 0.381 e. The topological polar surface area (TPSA) is 104 Å². The van der Waals surface area contributed by atoms with Gasteiger partial charge < -0.3 is 20.9 Å². The van der Waals surface area contributed by atoms with Crippen LogP contribution in [0.2, 0.25) is 0 Å². The Bertz CT molecular complexity index is 625. The first-order valence-electron chi connectivity index (χ1n) is 8.50. The fourth-order valence-electron chi connectivity index (χ4n) is 2.07. The van der Waals surface area contributed by atoms with E-state index in [9.17, 15) is 9.59 Å². The first kappa shape index (κ1) is 20.5. The number of rotatable bonds is 11. The number of hydrogen-bond acceptors (Lipinski definition) is 3. The van der Waals surface area contributed by atoms with Crippen molar-refractivity contribution in [2.75, 3.05) is 25.1 Å². The second-order valence-corrected chi connectivity index (χ2v) is 5.63. The van der Waals surface area contributed by atoms with E-state index in [2.05, 4.69) is 15.4 Å². The van der Waals surface area contributed by atoms with E-state index in [1.807, 2.05) is 6.92 Å². The molecule has 0 spiro atoms. The fourth-order valence-corrected chi connectivity index (χ4v) is 2.07. The Morgan fingerprint density at radius 2 is 1.96 bits per heavy atom. The zero-order chi connectivity index (χ0) is 18.5. The number of nitrogens with one attached hydrogen (secondary N) is 2. The summed E-state index contributed by atoms with van der Waals surface area (Å²) in [6, 6.07) is 6.99. The van der Waals surface area contributed by atoms with Crippen LogP contribution in [0.1, 0.15) is 45.1 Å². The van der Waals surface area contributed by atoms with Crippen molar-refractivity contribution in [1.29, 1.82) is 0 Å². The smallest absolute Gasteiger partial charge is 0.296 e. The minimum atomic E-state index is -0.239. The molecular formula is C18H26N4O3. The molecule has 1 aromatic rings. The summed E-state index contributed by atoms with van der Waals surface area (Å²) in [6.45, 7) is 5.62. The second kappa shape index (κ2) is 11.9. The molecule has 1 rings (SSSR count). The number of ether oxygens (including phenoxy) is 1.